The van der Waals surface area contributed by atoms with Crippen molar-refractivity contribution >= 4 is 21.9 Å². The third-order valence-corrected chi connectivity index (χ3v) is 2.46. The Morgan fingerprint density at radius 1 is 1.20 bits per heavy atom. The van der Waals surface area contributed by atoms with E-state index in [4.69, 9.17) is 10.6 Å². The summed E-state index contributed by atoms with van der Waals surface area (Å²) in [5, 5.41) is 0. The third-order valence-electron chi connectivity index (χ3n) is 2.02. The standard InChI is InChI=1S/C10H7BrF3N5O/c11-5-1-6(4-16-3-5)20-8-2-7(10(12,13)14)17-9(18-8)19-15/h1-4H,15H2,(H,17,18,19). The van der Waals surface area contributed by atoms with E-state index in [1.54, 1.807) is 0 Å². The van der Waals surface area contributed by atoms with Crippen LogP contribution in [-0.4, -0.2) is 15.0 Å². The van der Waals surface area contributed by atoms with E-state index in [1.807, 2.05) is 5.43 Å². The average molecular weight is 350 g/mol. The molecular formula is C10H7BrF3N5O. The maximum atomic E-state index is 12.7. The Bertz CT molecular complexity index is 622. The number of ether oxygens (including phenoxy) is 1. The summed E-state index contributed by atoms with van der Waals surface area (Å²) in [5.41, 5.74) is 0.782. The fraction of sp³-hybridized carbons (Fsp3) is 0.100. The molecule has 20 heavy (non-hydrogen) atoms. The largest absolute Gasteiger partial charge is 0.437 e. The van der Waals surface area contributed by atoms with Gasteiger partial charge in [-0.3, -0.25) is 10.4 Å². The minimum atomic E-state index is -4.64. The number of anilines is 1. The Morgan fingerprint density at radius 3 is 2.55 bits per heavy atom. The Balaban J connectivity index is 2.36. The van der Waals surface area contributed by atoms with Crippen LogP contribution in [0.5, 0.6) is 11.6 Å². The minimum Gasteiger partial charge on any atom is -0.437 e. The average Bonchev–Trinajstić information content (AvgIpc) is 2.37. The highest BCUT2D eigenvalue weighted by Gasteiger charge is 2.34. The molecule has 0 amide bonds. The van der Waals surface area contributed by atoms with Gasteiger partial charge in [0.25, 0.3) is 0 Å². The van der Waals surface area contributed by atoms with Gasteiger partial charge in [-0.2, -0.15) is 18.2 Å². The van der Waals surface area contributed by atoms with Gasteiger partial charge >= 0.3 is 6.18 Å². The molecule has 10 heteroatoms. The van der Waals surface area contributed by atoms with E-state index in [9.17, 15) is 13.2 Å². The Labute approximate surface area is 119 Å². The number of hydrogen-bond acceptors (Lipinski definition) is 6. The maximum absolute atomic E-state index is 12.7. The third kappa shape index (κ3) is 3.54. The molecule has 106 valence electrons. The summed E-state index contributed by atoms with van der Waals surface area (Å²) in [6, 6.07) is 2.19. The zero-order chi connectivity index (χ0) is 14.8. The second kappa shape index (κ2) is 5.59. The fourth-order valence-corrected chi connectivity index (χ4v) is 1.60. The first kappa shape index (κ1) is 14.5. The zero-order valence-electron chi connectivity index (χ0n) is 9.65. The predicted octanol–water partition coefficient (Wildman–Crippen LogP) is 2.73. The fourth-order valence-electron chi connectivity index (χ4n) is 1.26. The van der Waals surface area contributed by atoms with Gasteiger partial charge in [-0.1, -0.05) is 0 Å². The molecule has 3 N–H and O–H groups in total. The lowest BCUT2D eigenvalue weighted by atomic mass is 10.4. The van der Waals surface area contributed by atoms with Crippen LogP contribution in [0.25, 0.3) is 0 Å². The molecule has 0 aliphatic carbocycles. The molecular weight excluding hydrogens is 343 g/mol. The van der Waals surface area contributed by atoms with Crippen LogP contribution in [-0.2, 0) is 6.18 Å². The number of halogens is 4. The van der Waals surface area contributed by atoms with Crippen molar-refractivity contribution in [3.8, 4) is 11.6 Å². The molecule has 0 spiro atoms. The molecule has 0 fully saturated rings. The van der Waals surface area contributed by atoms with Crippen molar-refractivity contribution in [1.29, 1.82) is 0 Å². The van der Waals surface area contributed by atoms with Crippen LogP contribution in [0.4, 0.5) is 19.1 Å². The summed E-state index contributed by atoms with van der Waals surface area (Å²) in [6.07, 6.45) is -1.81. The molecule has 2 aromatic rings. The number of alkyl halides is 3. The second-order valence-corrected chi connectivity index (χ2v) is 4.41. The molecule has 0 aliphatic rings. The lowest BCUT2D eigenvalue weighted by molar-refractivity contribution is -0.141. The Kier molecular flexibility index (Phi) is 4.04. The topological polar surface area (TPSA) is 86.0 Å². The number of rotatable bonds is 3. The van der Waals surface area contributed by atoms with Crippen LogP contribution < -0.4 is 16.0 Å². The van der Waals surface area contributed by atoms with Gasteiger partial charge in [0, 0.05) is 16.7 Å². The van der Waals surface area contributed by atoms with Crippen molar-refractivity contribution < 1.29 is 17.9 Å². The Morgan fingerprint density at radius 2 is 1.95 bits per heavy atom. The van der Waals surface area contributed by atoms with Crippen molar-refractivity contribution in [1.82, 2.24) is 15.0 Å². The highest BCUT2D eigenvalue weighted by Crippen LogP contribution is 2.31. The maximum Gasteiger partial charge on any atom is 0.433 e. The van der Waals surface area contributed by atoms with E-state index in [2.05, 4.69) is 30.9 Å². The number of hydrogen-bond donors (Lipinski definition) is 2. The summed E-state index contributed by atoms with van der Waals surface area (Å²) >= 11 is 3.16. The summed E-state index contributed by atoms with van der Waals surface area (Å²) in [6.45, 7) is 0. The number of nitrogens with zero attached hydrogens (tertiary/aromatic N) is 3. The first-order valence-electron chi connectivity index (χ1n) is 5.10. The van der Waals surface area contributed by atoms with Crippen LogP contribution in [0.1, 0.15) is 5.69 Å². The van der Waals surface area contributed by atoms with Crippen molar-refractivity contribution in [3.63, 3.8) is 0 Å². The van der Waals surface area contributed by atoms with Gasteiger partial charge in [-0.15, -0.1) is 0 Å². The number of nitrogens with one attached hydrogen (secondary N) is 1. The summed E-state index contributed by atoms with van der Waals surface area (Å²) in [4.78, 5) is 10.7. The zero-order valence-corrected chi connectivity index (χ0v) is 11.2. The molecule has 0 aliphatic heterocycles. The molecule has 6 nitrogen and oxygen atoms in total. The van der Waals surface area contributed by atoms with Gasteiger partial charge in [0.05, 0.1) is 6.20 Å². The van der Waals surface area contributed by atoms with E-state index in [0.29, 0.717) is 10.5 Å². The molecule has 0 saturated carbocycles. The smallest absolute Gasteiger partial charge is 0.433 e. The lowest BCUT2D eigenvalue weighted by Crippen LogP contribution is -2.15. The molecule has 0 unspecified atom stereocenters. The number of nitrogens with two attached hydrogens (primary N) is 1. The van der Waals surface area contributed by atoms with Crippen LogP contribution in [0.15, 0.2) is 29.0 Å². The quantitative estimate of drug-likeness (QED) is 0.654. The van der Waals surface area contributed by atoms with E-state index < -0.39 is 17.8 Å². The monoisotopic (exact) mass is 349 g/mol. The molecule has 0 aromatic carbocycles. The molecule has 0 radical (unpaired) electrons. The van der Waals surface area contributed by atoms with Crippen molar-refractivity contribution in [2.75, 3.05) is 5.43 Å². The van der Waals surface area contributed by atoms with E-state index in [-0.39, 0.29) is 11.6 Å². The molecule has 2 rings (SSSR count). The number of aromatic nitrogens is 3. The van der Waals surface area contributed by atoms with E-state index in [0.717, 1.165) is 0 Å². The second-order valence-electron chi connectivity index (χ2n) is 3.50. The van der Waals surface area contributed by atoms with Gasteiger partial charge in [-0.25, -0.2) is 10.8 Å². The molecule has 2 heterocycles. The summed E-state index contributed by atoms with van der Waals surface area (Å²) in [7, 11) is 0. The van der Waals surface area contributed by atoms with Gasteiger partial charge in [0.2, 0.25) is 11.8 Å². The van der Waals surface area contributed by atoms with Crippen LogP contribution in [0.3, 0.4) is 0 Å². The number of hydrazine groups is 1. The Hall–Kier alpha value is -1.94. The highest BCUT2D eigenvalue weighted by molar-refractivity contribution is 9.10. The van der Waals surface area contributed by atoms with Crippen LogP contribution >= 0.6 is 15.9 Å². The van der Waals surface area contributed by atoms with Crippen LogP contribution in [0.2, 0.25) is 0 Å². The highest BCUT2D eigenvalue weighted by atomic mass is 79.9. The van der Waals surface area contributed by atoms with Gasteiger partial charge in [0.15, 0.2) is 5.69 Å². The van der Waals surface area contributed by atoms with Crippen molar-refractivity contribution in [2.45, 2.75) is 6.18 Å². The van der Waals surface area contributed by atoms with Gasteiger partial charge in [-0.05, 0) is 22.0 Å². The summed E-state index contributed by atoms with van der Waals surface area (Å²) in [5.74, 6) is 4.54. The predicted molar refractivity (Wildman–Crippen MR) is 66.9 cm³/mol. The first-order chi connectivity index (χ1) is 9.38. The SMILES string of the molecule is NNc1nc(Oc2cncc(Br)c2)cc(C(F)(F)F)n1. The van der Waals surface area contributed by atoms with Gasteiger partial charge < -0.3 is 4.74 Å². The first-order valence-corrected chi connectivity index (χ1v) is 5.89. The molecule has 0 atom stereocenters. The molecule has 0 bridgehead atoms. The molecule has 2 aromatic heterocycles. The molecule has 0 saturated heterocycles. The van der Waals surface area contributed by atoms with Gasteiger partial charge in [0.1, 0.15) is 5.75 Å². The summed E-state index contributed by atoms with van der Waals surface area (Å²) < 4.78 is 43.8. The van der Waals surface area contributed by atoms with E-state index >= 15 is 0 Å². The van der Waals surface area contributed by atoms with Crippen molar-refractivity contribution in [2.24, 2.45) is 5.84 Å². The number of nitrogen functional groups attached to an aromatic ring is 1. The van der Waals surface area contributed by atoms with Crippen LogP contribution in [0, 0.1) is 0 Å². The lowest BCUT2D eigenvalue weighted by Gasteiger charge is -2.10. The van der Waals surface area contributed by atoms with Crippen molar-refractivity contribution in [3.05, 3.63) is 34.7 Å². The normalized spacial score (nSPS) is 11.2. The number of pyridine rings is 1. The minimum absolute atomic E-state index is 0.217. The van der Waals surface area contributed by atoms with E-state index in [1.165, 1.54) is 18.5 Å².